The van der Waals surface area contributed by atoms with Crippen LogP contribution in [0.5, 0.6) is 0 Å². The molecule has 0 saturated heterocycles. The number of hydrogen-bond donors (Lipinski definition) is 0. The first kappa shape index (κ1) is 19.4. The minimum absolute atomic E-state index is 0.0212. The first-order chi connectivity index (χ1) is 12.9. The van der Waals surface area contributed by atoms with Crippen LogP contribution in [0.25, 0.3) is 0 Å². The smallest absolute Gasteiger partial charge is 0.0172 e. The molecule has 0 heteroatoms. The van der Waals surface area contributed by atoms with Crippen LogP contribution in [0.1, 0.15) is 68.4 Å². The van der Waals surface area contributed by atoms with Crippen LogP contribution in [0.2, 0.25) is 0 Å². The maximum absolute atomic E-state index is 2.45. The monoisotopic (exact) mass is 356 g/mol. The van der Waals surface area contributed by atoms with Crippen molar-refractivity contribution >= 4 is 0 Å². The topological polar surface area (TPSA) is 0 Å². The quantitative estimate of drug-likeness (QED) is 0.431. The number of hydrogen-bond acceptors (Lipinski definition) is 0. The molecular formula is C27H32. The van der Waals surface area contributed by atoms with Gasteiger partial charge in [0.2, 0.25) is 0 Å². The molecule has 27 heavy (non-hydrogen) atoms. The van der Waals surface area contributed by atoms with E-state index < -0.39 is 0 Å². The van der Waals surface area contributed by atoms with Gasteiger partial charge in [-0.15, -0.1) is 0 Å². The predicted octanol–water partition coefficient (Wildman–Crippen LogP) is 7.43. The summed E-state index contributed by atoms with van der Waals surface area (Å²) < 4.78 is 0. The molecule has 3 rings (SSSR count). The van der Waals surface area contributed by atoms with E-state index in [1.54, 1.807) is 0 Å². The molecule has 3 aromatic carbocycles. The van der Waals surface area contributed by atoms with Gasteiger partial charge in [-0.3, -0.25) is 0 Å². The van der Waals surface area contributed by atoms with Crippen molar-refractivity contribution in [1.29, 1.82) is 0 Å². The third-order valence-corrected chi connectivity index (χ3v) is 6.62. The van der Waals surface area contributed by atoms with Gasteiger partial charge in [0.25, 0.3) is 0 Å². The fourth-order valence-electron chi connectivity index (χ4n) is 4.15. The molecule has 0 saturated carbocycles. The van der Waals surface area contributed by atoms with E-state index in [1.165, 1.54) is 27.8 Å². The van der Waals surface area contributed by atoms with Crippen LogP contribution < -0.4 is 0 Å². The molecule has 0 N–H and O–H groups in total. The molecule has 0 radical (unpaired) electrons. The molecule has 0 bridgehead atoms. The third-order valence-electron chi connectivity index (χ3n) is 6.62. The van der Waals surface area contributed by atoms with Gasteiger partial charge in [0.1, 0.15) is 0 Å². The second-order valence-corrected chi connectivity index (χ2v) is 8.19. The second-order valence-electron chi connectivity index (χ2n) is 8.19. The van der Waals surface area contributed by atoms with E-state index in [2.05, 4.69) is 113 Å². The summed E-state index contributed by atoms with van der Waals surface area (Å²) in [6, 6.07) is 29.2. The molecule has 2 unspecified atom stereocenters. The zero-order chi connectivity index (χ0) is 19.5. The Bertz CT molecular complexity index is 893. The lowest BCUT2D eigenvalue weighted by atomic mass is 9.70. The fourth-order valence-corrected chi connectivity index (χ4v) is 4.15. The minimum Gasteiger partial charge on any atom is -0.0642 e. The second kappa shape index (κ2) is 7.72. The van der Waals surface area contributed by atoms with Crippen molar-refractivity contribution in [3.63, 3.8) is 0 Å². The Morgan fingerprint density at radius 3 is 1.52 bits per heavy atom. The van der Waals surface area contributed by atoms with Crippen molar-refractivity contribution in [3.8, 4) is 0 Å². The van der Waals surface area contributed by atoms with Crippen LogP contribution in [0.3, 0.4) is 0 Å². The van der Waals surface area contributed by atoms with E-state index in [4.69, 9.17) is 0 Å². The largest absolute Gasteiger partial charge is 0.0642 e. The van der Waals surface area contributed by atoms with E-state index in [-0.39, 0.29) is 10.8 Å². The highest BCUT2D eigenvalue weighted by Gasteiger charge is 2.31. The zero-order valence-corrected chi connectivity index (χ0v) is 17.4. The van der Waals surface area contributed by atoms with Gasteiger partial charge in [0.05, 0.1) is 0 Å². The molecule has 0 spiro atoms. The highest BCUT2D eigenvalue weighted by Crippen LogP contribution is 2.40. The number of benzene rings is 3. The van der Waals surface area contributed by atoms with Crippen LogP contribution in [-0.2, 0) is 10.8 Å². The Morgan fingerprint density at radius 2 is 1.00 bits per heavy atom. The lowest BCUT2D eigenvalue weighted by molar-refractivity contribution is 0.531. The van der Waals surface area contributed by atoms with Crippen molar-refractivity contribution in [1.82, 2.24) is 0 Å². The van der Waals surface area contributed by atoms with E-state index in [0.29, 0.717) is 0 Å². The summed E-state index contributed by atoms with van der Waals surface area (Å²) >= 11 is 0. The van der Waals surface area contributed by atoms with Gasteiger partial charge in [-0.2, -0.15) is 0 Å². The summed E-state index contributed by atoms with van der Waals surface area (Å²) in [5.74, 6) is 0. The SMILES string of the molecule is CCC(C)(c1ccccc1)c1cccc(C(C)(CC)c2cccc(C)c2)c1. The van der Waals surface area contributed by atoms with Crippen LogP contribution in [-0.4, -0.2) is 0 Å². The molecule has 140 valence electrons. The first-order valence-electron chi connectivity index (χ1n) is 10.2. The van der Waals surface area contributed by atoms with Crippen molar-refractivity contribution < 1.29 is 0 Å². The van der Waals surface area contributed by atoms with Gasteiger partial charge >= 0.3 is 0 Å². The maximum atomic E-state index is 2.45. The van der Waals surface area contributed by atoms with E-state index >= 15 is 0 Å². The predicted molar refractivity (Wildman–Crippen MR) is 118 cm³/mol. The summed E-state index contributed by atoms with van der Waals surface area (Å²) in [5.41, 5.74) is 6.97. The normalized spacial score (nSPS) is 15.7. The summed E-state index contributed by atoms with van der Waals surface area (Å²) in [4.78, 5) is 0. The maximum Gasteiger partial charge on any atom is 0.0172 e. The van der Waals surface area contributed by atoms with Gasteiger partial charge in [-0.25, -0.2) is 0 Å². The molecule has 0 aromatic heterocycles. The summed E-state index contributed by atoms with van der Waals surface area (Å²) in [5, 5.41) is 0. The van der Waals surface area contributed by atoms with Crippen LogP contribution in [0, 0.1) is 6.92 Å². The Kier molecular flexibility index (Phi) is 5.56. The molecule has 0 aliphatic rings. The number of rotatable bonds is 6. The minimum atomic E-state index is 0.0212. The summed E-state index contributed by atoms with van der Waals surface area (Å²) in [6.45, 7) is 11.5. The highest BCUT2D eigenvalue weighted by molar-refractivity contribution is 5.45. The van der Waals surface area contributed by atoms with Crippen molar-refractivity contribution in [2.75, 3.05) is 0 Å². The van der Waals surface area contributed by atoms with Gasteiger partial charge in [0.15, 0.2) is 0 Å². The van der Waals surface area contributed by atoms with Crippen LogP contribution >= 0.6 is 0 Å². The lowest BCUT2D eigenvalue weighted by Gasteiger charge is -2.34. The summed E-state index contributed by atoms with van der Waals surface area (Å²) in [7, 11) is 0. The average Bonchev–Trinajstić information content (AvgIpc) is 2.73. The van der Waals surface area contributed by atoms with Gasteiger partial charge in [-0.1, -0.05) is 112 Å². The van der Waals surface area contributed by atoms with Gasteiger partial charge in [0, 0.05) is 10.8 Å². The van der Waals surface area contributed by atoms with Crippen molar-refractivity contribution in [3.05, 3.63) is 107 Å². The molecule has 0 aliphatic carbocycles. The molecular weight excluding hydrogens is 324 g/mol. The molecule has 0 heterocycles. The Hall–Kier alpha value is -2.34. The molecule has 3 aromatic rings. The average molecular weight is 357 g/mol. The number of aryl methyl sites for hydroxylation is 1. The lowest BCUT2D eigenvalue weighted by Crippen LogP contribution is -2.26. The third kappa shape index (κ3) is 3.58. The van der Waals surface area contributed by atoms with Crippen LogP contribution in [0.4, 0.5) is 0 Å². The van der Waals surface area contributed by atoms with Crippen LogP contribution in [0.15, 0.2) is 78.9 Å². The zero-order valence-electron chi connectivity index (χ0n) is 17.4. The van der Waals surface area contributed by atoms with Crippen molar-refractivity contribution in [2.45, 2.75) is 58.3 Å². The highest BCUT2D eigenvalue weighted by atomic mass is 14.3. The summed E-state index contributed by atoms with van der Waals surface area (Å²) in [6.07, 6.45) is 2.15. The van der Waals surface area contributed by atoms with Crippen molar-refractivity contribution in [2.24, 2.45) is 0 Å². The van der Waals surface area contributed by atoms with E-state index in [9.17, 15) is 0 Å². The Labute approximate surface area is 165 Å². The van der Waals surface area contributed by atoms with E-state index in [0.717, 1.165) is 12.8 Å². The first-order valence-corrected chi connectivity index (χ1v) is 10.2. The van der Waals surface area contributed by atoms with Gasteiger partial charge in [-0.05, 0) is 42.0 Å². The molecule has 0 nitrogen and oxygen atoms in total. The molecule has 0 amide bonds. The molecule has 0 fully saturated rings. The molecule has 2 atom stereocenters. The van der Waals surface area contributed by atoms with E-state index in [1.807, 2.05) is 0 Å². The Morgan fingerprint density at radius 1 is 0.556 bits per heavy atom. The fraction of sp³-hybridized carbons (Fsp3) is 0.333. The molecule has 0 aliphatic heterocycles. The Balaban J connectivity index is 2.11. The van der Waals surface area contributed by atoms with Gasteiger partial charge < -0.3 is 0 Å². The standard InChI is InChI=1S/C27H32/c1-6-26(4,22-14-9-8-10-15-22)24-17-12-18-25(20-24)27(5,7-2)23-16-11-13-21(3)19-23/h8-20H,6-7H2,1-5H3.